The number of carbonyl (C=O) groups excluding carboxylic acids is 6. The second-order valence-corrected chi connectivity index (χ2v) is 7.81. The summed E-state index contributed by atoms with van der Waals surface area (Å²) in [6.07, 6.45) is -0.635. The van der Waals surface area contributed by atoms with E-state index in [9.17, 15) is 33.6 Å². The molecule has 3 atom stereocenters. The lowest BCUT2D eigenvalue weighted by atomic mass is 10.1. The van der Waals surface area contributed by atoms with Crippen molar-refractivity contribution in [1.29, 1.82) is 0 Å². The summed E-state index contributed by atoms with van der Waals surface area (Å²) in [5, 5.41) is 29.1. The van der Waals surface area contributed by atoms with Crippen LogP contribution in [0.1, 0.15) is 19.3 Å². The van der Waals surface area contributed by atoms with E-state index in [0.29, 0.717) is 0 Å². The summed E-state index contributed by atoms with van der Waals surface area (Å²) in [6.45, 7) is -2.22. The molecule has 16 N–H and O–H groups in total. The highest BCUT2D eigenvalue weighted by molar-refractivity contribution is 5.95. The minimum Gasteiger partial charge on any atom is -0.481 e. The SMILES string of the molecule is NNCC(=O)NCC(=O)N[C@@H](CCCN=C(N)N)C(=O)NCC(=O)N[C@@H](CC(=O)O)C(=O)N[C@@H](CO)C(N)=O. The van der Waals surface area contributed by atoms with E-state index in [1.165, 1.54) is 0 Å². The molecule has 0 heterocycles. The predicted molar refractivity (Wildman–Crippen MR) is 132 cm³/mol. The largest absolute Gasteiger partial charge is 0.481 e. The highest BCUT2D eigenvalue weighted by Crippen LogP contribution is 2.00. The number of hydrogen-bond donors (Lipinski definition) is 12. The van der Waals surface area contributed by atoms with Crippen LogP contribution in [0.5, 0.6) is 0 Å². The maximum absolute atomic E-state index is 12.7. The first-order chi connectivity index (χ1) is 18.3. The van der Waals surface area contributed by atoms with Crippen LogP contribution >= 0.6 is 0 Å². The Kier molecular flexibility index (Phi) is 16.5. The van der Waals surface area contributed by atoms with Gasteiger partial charge in [-0.05, 0) is 12.8 Å². The van der Waals surface area contributed by atoms with Crippen molar-refractivity contribution in [3.8, 4) is 0 Å². The van der Waals surface area contributed by atoms with Gasteiger partial charge in [0.25, 0.3) is 0 Å². The van der Waals surface area contributed by atoms with Crippen molar-refractivity contribution in [2.75, 3.05) is 32.8 Å². The molecule has 0 bridgehead atoms. The van der Waals surface area contributed by atoms with E-state index < -0.39 is 85.7 Å². The number of aliphatic imine (C=N–C) groups is 1. The van der Waals surface area contributed by atoms with Crippen molar-refractivity contribution < 1.29 is 43.8 Å². The molecule has 220 valence electrons. The minimum atomic E-state index is -1.68. The van der Waals surface area contributed by atoms with Gasteiger partial charge in [-0.25, -0.2) is 0 Å². The summed E-state index contributed by atoms with van der Waals surface area (Å²) in [4.78, 5) is 86.9. The zero-order valence-corrected chi connectivity index (χ0v) is 20.9. The van der Waals surface area contributed by atoms with Crippen LogP contribution in [0.3, 0.4) is 0 Å². The van der Waals surface area contributed by atoms with E-state index in [4.69, 9.17) is 33.3 Å². The molecular weight excluding hydrogens is 526 g/mol. The minimum absolute atomic E-state index is 0.0218. The highest BCUT2D eigenvalue weighted by atomic mass is 16.4. The Morgan fingerprint density at radius 2 is 1.33 bits per heavy atom. The molecule has 0 aliphatic heterocycles. The molecule has 39 heavy (non-hydrogen) atoms. The molecule has 0 unspecified atom stereocenters. The number of aliphatic carboxylic acids is 1. The maximum atomic E-state index is 12.7. The standard InChI is InChI=1S/C19H35N11O9/c20-16(37)11(8-31)30-18(39)10(4-15(35)36)29-14(34)6-26-17(38)9(2-1-3-24-19(21)22)28-13(33)5-25-12(32)7-27-23/h9-11,27,31H,1-8,23H2,(H2,20,37)(H,25,32)(H,26,38)(H,28,33)(H,29,34)(H,30,39)(H,35,36)(H4,21,22,24)/t9-,10-,11-/m0/s1. The van der Waals surface area contributed by atoms with Crippen molar-refractivity contribution in [1.82, 2.24) is 32.0 Å². The number of rotatable bonds is 19. The van der Waals surface area contributed by atoms with Gasteiger partial charge in [0.05, 0.1) is 32.7 Å². The number of hydrogen-bond acceptors (Lipinski definition) is 11. The summed E-state index contributed by atoms with van der Waals surface area (Å²) in [7, 11) is 0. The molecule has 0 saturated carbocycles. The number of guanidine groups is 1. The molecule has 0 aliphatic carbocycles. The highest BCUT2D eigenvalue weighted by Gasteiger charge is 2.28. The van der Waals surface area contributed by atoms with Crippen molar-refractivity contribution >= 4 is 47.4 Å². The number of amides is 6. The van der Waals surface area contributed by atoms with Gasteiger partial charge in [-0.2, -0.15) is 0 Å². The van der Waals surface area contributed by atoms with E-state index in [1.807, 2.05) is 5.32 Å². The summed E-state index contributed by atoms with van der Waals surface area (Å²) in [5.74, 6) is -2.01. The van der Waals surface area contributed by atoms with E-state index in [1.54, 1.807) is 0 Å². The quantitative estimate of drug-likeness (QED) is 0.0229. The normalized spacial score (nSPS) is 12.6. The number of nitrogens with two attached hydrogens (primary N) is 4. The van der Waals surface area contributed by atoms with Gasteiger partial charge in [0.1, 0.15) is 18.1 Å². The van der Waals surface area contributed by atoms with Crippen LogP contribution < -0.4 is 55.1 Å². The Balaban J connectivity index is 5.20. The van der Waals surface area contributed by atoms with Gasteiger partial charge in [-0.1, -0.05) is 0 Å². The molecular formula is C19H35N11O9. The molecule has 0 spiro atoms. The summed E-state index contributed by atoms with van der Waals surface area (Å²) in [5.41, 5.74) is 17.6. The second-order valence-electron chi connectivity index (χ2n) is 7.81. The van der Waals surface area contributed by atoms with E-state index in [0.717, 1.165) is 0 Å². The molecule has 0 aromatic heterocycles. The van der Waals surface area contributed by atoms with Crippen LogP contribution in [0.2, 0.25) is 0 Å². The molecule has 0 radical (unpaired) electrons. The molecule has 20 heteroatoms. The van der Waals surface area contributed by atoms with Crippen LogP contribution in [0.15, 0.2) is 4.99 Å². The lowest BCUT2D eigenvalue weighted by Crippen LogP contribution is -2.56. The van der Waals surface area contributed by atoms with Gasteiger partial charge >= 0.3 is 5.97 Å². The molecule has 0 saturated heterocycles. The van der Waals surface area contributed by atoms with E-state index in [-0.39, 0.29) is 31.9 Å². The Bertz CT molecular complexity index is 925. The molecule has 0 aromatic carbocycles. The maximum Gasteiger partial charge on any atom is 0.305 e. The monoisotopic (exact) mass is 561 g/mol. The number of carboxylic acids is 1. The molecule has 20 nitrogen and oxygen atoms in total. The van der Waals surface area contributed by atoms with Gasteiger partial charge in [-0.15, -0.1) is 0 Å². The molecule has 6 amide bonds. The molecule has 0 fully saturated rings. The van der Waals surface area contributed by atoms with Gasteiger partial charge < -0.3 is 54.0 Å². The zero-order valence-electron chi connectivity index (χ0n) is 20.9. The average Bonchev–Trinajstić information content (AvgIpc) is 2.85. The lowest BCUT2D eigenvalue weighted by Gasteiger charge is -2.21. The third-order valence-electron chi connectivity index (χ3n) is 4.60. The average molecular weight is 562 g/mol. The Labute approximate surface area is 222 Å². The summed E-state index contributed by atoms with van der Waals surface area (Å²) in [6, 6.07) is -4.39. The number of primary amides is 1. The van der Waals surface area contributed by atoms with Crippen LogP contribution in [-0.2, 0) is 33.6 Å². The van der Waals surface area contributed by atoms with E-state index in [2.05, 4.69) is 31.7 Å². The third-order valence-corrected chi connectivity index (χ3v) is 4.60. The summed E-state index contributed by atoms with van der Waals surface area (Å²) < 4.78 is 0. The van der Waals surface area contributed by atoms with Crippen LogP contribution in [-0.4, -0.2) is 108 Å². The van der Waals surface area contributed by atoms with Crippen molar-refractivity contribution in [2.45, 2.75) is 37.4 Å². The Morgan fingerprint density at radius 3 is 1.85 bits per heavy atom. The van der Waals surface area contributed by atoms with Crippen molar-refractivity contribution in [3.05, 3.63) is 0 Å². The smallest absolute Gasteiger partial charge is 0.305 e. The number of aliphatic hydroxyl groups is 1. The first kappa shape index (κ1) is 34.4. The first-order valence-electron chi connectivity index (χ1n) is 11.3. The second kappa shape index (κ2) is 18.6. The first-order valence-corrected chi connectivity index (χ1v) is 11.3. The fourth-order valence-electron chi connectivity index (χ4n) is 2.75. The number of nitrogens with zero attached hydrogens (tertiary/aromatic N) is 1. The van der Waals surface area contributed by atoms with E-state index >= 15 is 0 Å². The van der Waals surface area contributed by atoms with Gasteiger partial charge in [0, 0.05) is 6.54 Å². The fraction of sp³-hybridized carbons (Fsp3) is 0.579. The number of aliphatic hydroxyl groups excluding tert-OH is 1. The van der Waals surface area contributed by atoms with Gasteiger partial charge in [-0.3, -0.25) is 49.8 Å². The topological polar surface area (TPSA) is 349 Å². The number of carbonyl (C=O) groups is 7. The Morgan fingerprint density at radius 1 is 0.744 bits per heavy atom. The van der Waals surface area contributed by atoms with Crippen LogP contribution in [0.4, 0.5) is 0 Å². The zero-order chi connectivity index (χ0) is 30.0. The van der Waals surface area contributed by atoms with Crippen LogP contribution in [0.25, 0.3) is 0 Å². The fourth-order valence-corrected chi connectivity index (χ4v) is 2.75. The Hall–Kier alpha value is -4.56. The molecule has 0 rings (SSSR count). The van der Waals surface area contributed by atoms with Crippen LogP contribution in [0, 0.1) is 0 Å². The van der Waals surface area contributed by atoms with Crippen molar-refractivity contribution in [3.63, 3.8) is 0 Å². The van der Waals surface area contributed by atoms with Crippen molar-refractivity contribution in [2.24, 2.45) is 28.0 Å². The molecule has 0 aliphatic rings. The third kappa shape index (κ3) is 16.0. The number of nitrogens with one attached hydrogen (secondary N) is 6. The lowest BCUT2D eigenvalue weighted by molar-refractivity contribution is -0.141. The number of hydrazine groups is 1. The van der Waals surface area contributed by atoms with Gasteiger partial charge in [0.15, 0.2) is 5.96 Å². The van der Waals surface area contributed by atoms with Gasteiger partial charge in [0.2, 0.25) is 35.4 Å². The predicted octanol–water partition coefficient (Wildman–Crippen LogP) is -7.86. The number of carboxylic acid groups (broad SMARTS) is 1. The summed E-state index contributed by atoms with van der Waals surface area (Å²) >= 11 is 0. The molecule has 0 aromatic rings.